The Labute approximate surface area is 115 Å². The highest BCUT2D eigenvalue weighted by Gasteiger charge is 2.17. The Morgan fingerprint density at radius 1 is 1.37 bits per heavy atom. The lowest BCUT2D eigenvalue weighted by atomic mass is 10.0. The van der Waals surface area contributed by atoms with Crippen LogP contribution in [0.2, 0.25) is 0 Å². The highest BCUT2D eigenvalue weighted by atomic mass is 32.2. The van der Waals surface area contributed by atoms with Crippen LogP contribution in [0.25, 0.3) is 0 Å². The first kappa shape index (κ1) is 15.9. The quantitative estimate of drug-likeness (QED) is 0.790. The predicted molar refractivity (Wildman–Crippen MR) is 74.4 cm³/mol. The van der Waals surface area contributed by atoms with Crippen LogP contribution in [0, 0.1) is 5.92 Å². The first-order valence-electron chi connectivity index (χ1n) is 6.00. The highest BCUT2D eigenvalue weighted by Crippen LogP contribution is 2.31. The van der Waals surface area contributed by atoms with Gasteiger partial charge in [0, 0.05) is 4.90 Å². The van der Waals surface area contributed by atoms with Crippen molar-refractivity contribution in [1.82, 2.24) is 0 Å². The molecule has 0 radical (unpaired) electrons. The first-order chi connectivity index (χ1) is 8.90. The van der Waals surface area contributed by atoms with Crippen molar-refractivity contribution in [3.8, 4) is 0 Å². The fraction of sp³-hybridized carbons (Fsp3) is 0.462. The summed E-state index contributed by atoms with van der Waals surface area (Å²) in [6.45, 7) is 3.93. The summed E-state index contributed by atoms with van der Waals surface area (Å²) in [5.74, 6) is -2.58. The van der Waals surface area contributed by atoms with E-state index in [4.69, 9.17) is 5.73 Å². The number of halogens is 2. The zero-order chi connectivity index (χ0) is 14.4. The van der Waals surface area contributed by atoms with Crippen molar-refractivity contribution in [2.75, 3.05) is 5.32 Å². The minimum Gasteiger partial charge on any atom is -0.324 e. The van der Waals surface area contributed by atoms with Gasteiger partial charge in [-0.2, -0.15) is 8.78 Å². The Morgan fingerprint density at radius 2 is 2.00 bits per heavy atom. The predicted octanol–water partition coefficient (Wildman–Crippen LogP) is 3.31. The summed E-state index contributed by atoms with van der Waals surface area (Å²) in [6.07, 6.45) is 0.552. The minimum absolute atomic E-state index is 0.298. The third kappa shape index (κ3) is 5.57. The maximum absolute atomic E-state index is 12.4. The molecule has 0 saturated heterocycles. The number of para-hydroxylation sites is 1. The Kier molecular flexibility index (Phi) is 6.24. The van der Waals surface area contributed by atoms with Crippen molar-refractivity contribution in [3.05, 3.63) is 24.3 Å². The van der Waals surface area contributed by atoms with E-state index in [2.05, 4.69) is 5.32 Å². The van der Waals surface area contributed by atoms with Gasteiger partial charge in [0.25, 0.3) is 5.76 Å². The lowest BCUT2D eigenvalue weighted by molar-refractivity contribution is -0.117. The second-order valence-corrected chi connectivity index (χ2v) is 5.63. The van der Waals surface area contributed by atoms with E-state index >= 15 is 0 Å². The van der Waals surface area contributed by atoms with Crippen molar-refractivity contribution in [3.63, 3.8) is 0 Å². The summed E-state index contributed by atoms with van der Waals surface area (Å²) in [4.78, 5) is 12.2. The zero-order valence-electron chi connectivity index (χ0n) is 10.9. The number of nitrogens with one attached hydrogen (secondary N) is 1. The summed E-state index contributed by atoms with van der Waals surface area (Å²) >= 11 is 0.404. The molecular weight excluding hydrogens is 270 g/mol. The van der Waals surface area contributed by atoms with Crippen LogP contribution in [-0.2, 0) is 4.79 Å². The fourth-order valence-electron chi connectivity index (χ4n) is 1.61. The minimum atomic E-state index is -2.53. The van der Waals surface area contributed by atoms with Crippen molar-refractivity contribution in [1.29, 1.82) is 0 Å². The molecule has 0 heterocycles. The number of alkyl halides is 2. The molecule has 0 bridgehead atoms. The molecule has 0 aliphatic carbocycles. The Hall–Kier alpha value is -1.14. The molecule has 0 spiro atoms. The highest BCUT2D eigenvalue weighted by molar-refractivity contribution is 7.99. The maximum atomic E-state index is 12.4. The van der Waals surface area contributed by atoms with Gasteiger partial charge in [0.05, 0.1) is 11.7 Å². The third-order valence-corrected chi connectivity index (χ3v) is 3.21. The monoisotopic (exact) mass is 288 g/mol. The molecular formula is C13H18F2N2OS. The number of benzene rings is 1. The molecule has 1 rings (SSSR count). The molecule has 3 N–H and O–H groups in total. The van der Waals surface area contributed by atoms with Crippen LogP contribution in [-0.4, -0.2) is 17.7 Å². The first-order valence-corrected chi connectivity index (χ1v) is 6.88. The topological polar surface area (TPSA) is 55.1 Å². The lowest BCUT2D eigenvalue weighted by Gasteiger charge is -2.15. The molecule has 1 atom stereocenters. The number of anilines is 1. The van der Waals surface area contributed by atoms with E-state index in [-0.39, 0.29) is 5.91 Å². The van der Waals surface area contributed by atoms with Gasteiger partial charge in [-0.3, -0.25) is 4.79 Å². The number of carbonyl (C=O) groups is 1. The van der Waals surface area contributed by atoms with Gasteiger partial charge in [0.2, 0.25) is 5.91 Å². The number of hydrogen-bond acceptors (Lipinski definition) is 3. The molecule has 0 aliphatic rings. The summed E-state index contributed by atoms with van der Waals surface area (Å²) < 4.78 is 24.8. The Balaban J connectivity index is 2.73. The second-order valence-electron chi connectivity index (χ2n) is 4.60. The van der Waals surface area contributed by atoms with Gasteiger partial charge in [-0.1, -0.05) is 37.7 Å². The molecule has 106 valence electrons. The Morgan fingerprint density at radius 3 is 2.58 bits per heavy atom. The molecule has 1 aromatic carbocycles. The van der Waals surface area contributed by atoms with Gasteiger partial charge in [0.15, 0.2) is 0 Å². The largest absolute Gasteiger partial charge is 0.324 e. The van der Waals surface area contributed by atoms with E-state index in [0.29, 0.717) is 34.7 Å². The normalized spacial score (nSPS) is 12.8. The van der Waals surface area contributed by atoms with Crippen LogP contribution in [0.1, 0.15) is 20.3 Å². The molecule has 0 unspecified atom stereocenters. The summed E-state index contributed by atoms with van der Waals surface area (Å²) in [5.41, 5.74) is 6.12. The van der Waals surface area contributed by atoms with E-state index < -0.39 is 11.8 Å². The average molecular weight is 288 g/mol. The van der Waals surface area contributed by atoms with E-state index in [1.807, 2.05) is 13.8 Å². The molecule has 1 aromatic rings. The van der Waals surface area contributed by atoms with Crippen molar-refractivity contribution < 1.29 is 13.6 Å². The van der Waals surface area contributed by atoms with Gasteiger partial charge in [-0.05, 0) is 24.5 Å². The molecule has 19 heavy (non-hydrogen) atoms. The van der Waals surface area contributed by atoms with Gasteiger partial charge >= 0.3 is 0 Å². The van der Waals surface area contributed by atoms with Crippen molar-refractivity contribution >= 4 is 23.4 Å². The standard InChI is InChI=1S/C13H18F2N2OS/c1-8(2)7-9(16)12(18)17-10-5-3-4-6-11(10)19-13(14)15/h3-6,8-9,13H,7,16H2,1-2H3,(H,17,18)/t9-/m0/s1. The van der Waals surface area contributed by atoms with E-state index in [0.717, 1.165) is 0 Å². The Bertz CT molecular complexity index is 427. The summed E-state index contributed by atoms with van der Waals surface area (Å²) in [7, 11) is 0. The smallest absolute Gasteiger partial charge is 0.288 e. The molecule has 0 aromatic heterocycles. The number of amides is 1. The van der Waals surface area contributed by atoms with Crippen LogP contribution >= 0.6 is 11.8 Å². The van der Waals surface area contributed by atoms with Gasteiger partial charge < -0.3 is 11.1 Å². The van der Waals surface area contributed by atoms with Crippen molar-refractivity contribution in [2.24, 2.45) is 11.7 Å². The molecule has 6 heteroatoms. The maximum Gasteiger partial charge on any atom is 0.288 e. The number of rotatable bonds is 6. The number of nitrogens with two attached hydrogens (primary N) is 1. The van der Waals surface area contributed by atoms with Crippen LogP contribution in [0.15, 0.2) is 29.2 Å². The van der Waals surface area contributed by atoms with Gasteiger partial charge in [0.1, 0.15) is 0 Å². The summed E-state index contributed by atoms with van der Waals surface area (Å²) in [6, 6.07) is 5.82. The van der Waals surface area contributed by atoms with Gasteiger partial charge in [-0.25, -0.2) is 0 Å². The lowest BCUT2D eigenvalue weighted by Crippen LogP contribution is -2.36. The van der Waals surface area contributed by atoms with E-state index in [1.165, 1.54) is 0 Å². The van der Waals surface area contributed by atoms with E-state index in [9.17, 15) is 13.6 Å². The van der Waals surface area contributed by atoms with Crippen LogP contribution in [0.5, 0.6) is 0 Å². The van der Waals surface area contributed by atoms with Crippen LogP contribution in [0.3, 0.4) is 0 Å². The summed E-state index contributed by atoms with van der Waals surface area (Å²) in [5, 5.41) is 2.60. The molecule has 1 amide bonds. The SMILES string of the molecule is CC(C)C[C@H](N)C(=O)Nc1ccccc1SC(F)F. The molecule has 0 saturated carbocycles. The zero-order valence-corrected chi connectivity index (χ0v) is 11.7. The fourth-order valence-corrected chi connectivity index (χ4v) is 2.20. The van der Waals surface area contributed by atoms with Crippen molar-refractivity contribution in [2.45, 2.75) is 37.0 Å². The molecule has 3 nitrogen and oxygen atoms in total. The molecule has 0 fully saturated rings. The average Bonchev–Trinajstić information content (AvgIpc) is 2.30. The molecule has 0 aliphatic heterocycles. The van der Waals surface area contributed by atoms with Crippen LogP contribution < -0.4 is 11.1 Å². The van der Waals surface area contributed by atoms with Crippen LogP contribution in [0.4, 0.5) is 14.5 Å². The number of carbonyl (C=O) groups excluding carboxylic acids is 1. The van der Waals surface area contributed by atoms with E-state index in [1.54, 1.807) is 24.3 Å². The van der Waals surface area contributed by atoms with Gasteiger partial charge in [-0.15, -0.1) is 0 Å². The third-order valence-electron chi connectivity index (χ3n) is 2.42. The second kappa shape index (κ2) is 7.45. The number of thioether (sulfide) groups is 1. The number of hydrogen-bond donors (Lipinski definition) is 2.